The van der Waals surface area contributed by atoms with Crippen LogP contribution in [0.1, 0.15) is 0 Å². The molecule has 0 atom stereocenters. The minimum absolute atomic E-state index is 1.13. The molecule has 7 aromatic rings. The molecule has 146 valence electrons. The number of anilines is 2. The summed E-state index contributed by atoms with van der Waals surface area (Å²) in [4.78, 5) is 0. The molecule has 0 aliphatic carbocycles. The van der Waals surface area contributed by atoms with Gasteiger partial charge in [0.1, 0.15) is 0 Å². The van der Waals surface area contributed by atoms with Crippen LogP contribution in [-0.4, -0.2) is 0 Å². The molecule has 0 saturated carbocycles. The number of benzene rings is 5. The van der Waals surface area contributed by atoms with Crippen LogP contribution in [0.2, 0.25) is 0 Å². The van der Waals surface area contributed by atoms with Crippen LogP contribution < -0.4 is 5.32 Å². The average molecular weight is 432 g/mol. The first-order chi connectivity index (χ1) is 15.3. The summed E-state index contributed by atoms with van der Waals surface area (Å²) in [6.45, 7) is 0. The van der Waals surface area contributed by atoms with Crippen molar-refractivity contribution in [3.8, 4) is 0 Å². The molecular weight excluding hydrogens is 414 g/mol. The quantitative estimate of drug-likeness (QED) is 0.287. The van der Waals surface area contributed by atoms with Crippen LogP contribution in [0.5, 0.6) is 0 Å². The Balaban J connectivity index is 1.40. The van der Waals surface area contributed by atoms with E-state index < -0.39 is 0 Å². The summed E-state index contributed by atoms with van der Waals surface area (Å²) < 4.78 is 5.33. The van der Waals surface area contributed by atoms with Crippen molar-refractivity contribution < 1.29 is 0 Å². The molecule has 3 heteroatoms. The molecule has 0 fully saturated rings. The molecule has 2 aromatic heterocycles. The lowest BCUT2D eigenvalue weighted by Crippen LogP contribution is -1.89. The summed E-state index contributed by atoms with van der Waals surface area (Å²) in [5.74, 6) is 0. The Morgan fingerprint density at radius 1 is 0.484 bits per heavy atom. The number of nitrogens with one attached hydrogen (secondary N) is 1. The highest BCUT2D eigenvalue weighted by Crippen LogP contribution is 2.42. The van der Waals surface area contributed by atoms with Gasteiger partial charge in [0.2, 0.25) is 0 Å². The Morgan fingerprint density at radius 2 is 1.23 bits per heavy atom. The molecule has 2 heterocycles. The number of fused-ring (bicyclic) bond motifs is 8. The zero-order chi connectivity index (χ0) is 20.4. The zero-order valence-electron chi connectivity index (χ0n) is 16.6. The first kappa shape index (κ1) is 17.3. The maximum Gasteiger partial charge on any atom is 0.0590 e. The fraction of sp³-hybridized carbons (Fsp3) is 0. The van der Waals surface area contributed by atoms with Crippen molar-refractivity contribution in [3.05, 3.63) is 97.1 Å². The molecule has 1 N–H and O–H groups in total. The second-order valence-electron chi connectivity index (χ2n) is 7.88. The third-order valence-electron chi connectivity index (χ3n) is 6.05. The fourth-order valence-electron chi connectivity index (χ4n) is 4.58. The van der Waals surface area contributed by atoms with E-state index in [-0.39, 0.29) is 0 Å². The molecular formula is C28H17NS2. The highest BCUT2D eigenvalue weighted by molar-refractivity contribution is 7.27. The molecule has 0 aliphatic rings. The van der Waals surface area contributed by atoms with E-state index in [2.05, 4.69) is 102 Å². The van der Waals surface area contributed by atoms with E-state index in [4.69, 9.17) is 0 Å². The van der Waals surface area contributed by atoms with Crippen LogP contribution in [0.25, 0.3) is 51.1 Å². The van der Waals surface area contributed by atoms with E-state index in [0.717, 1.165) is 5.69 Å². The smallest absolute Gasteiger partial charge is 0.0590 e. The standard InChI is InChI=1S/C28H17NS2/c1-2-7-19-17(6-1)12-14-23-22-9-5-10-24(28(22)31-27(19)23)29-18-13-15-21-20-8-3-4-11-25(20)30-26(21)16-18/h1-16,29H. The van der Waals surface area contributed by atoms with Crippen molar-refractivity contribution in [3.63, 3.8) is 0 Å². The summed E-state index contributed by atoms with van der Waals surface area (Å²) in [6.07, 6.45) is 0. The van der Waals surface area contributed by atoms with Gasteiger partial charge in [0, 0.05) is 41.3 Å². The lowest BCUT2D eigenvalue weighted by atomic mass is 10.1. The Labute approximate surface area is 187 Å². The summed E-state index contributed by atoms with van der Waals surface area (Å²) in [5.41, 5.74) is 2.30. The first-order valence-corrected chi connectivity index (χ1v) is 12.0. The van der Waals surface area contributed by atoms with Crippen LogP contribution in [0.3, 0.4) is 0 Å². The van der Waals surface area contributed by atoms with E-state index >= 15 is 0 Å². The van der Waals surface area contributed by atoms with Crippen molar-refractivity contribution in [1.82, 2.24) is 0 Å². The second-order valence-corrected chi connectivity index (χ2v) is 9.99. The summed E-state index contributed by atoms with van der Waals surface area (Å²) in [7, 11) is 0. The fourth-order valence-corrected chi connectivity index (χ4v) is 7.03. The van der Waals surface area contributed by atoms with Gasteiger partial charge in [-0.1, -0.05) is 72.8 Å². The van der Waals surface area contributed by atoms with Gasteiger partial charge in [-0.2, -0.15) is 0 Å². The van der Waals surface area contributed by atoms with E-state index in [1.54, 1.807) is 0 Å². The zero-order valence-corrected chi connectivity index (χ0v) is 18.2. The molecule has 5 aromatic carbocycles. The predicted molar refractivity (Wildman–Crippen MR) is 139 cm³/mol. The average Bonchev–Trinajstić information content (AvgIpc) is 3.38. The van der Waals surface area contributed by atoms with Gasteiger partial charge in [-0.05, 0) is 35.0 Å². The van der Waals surface area contributed by atoms with Gasteiger partial charge in [0.25, 0.3) is 0 Å². The Hall–Kier alpha value is -3.40. The van der Waals surface area contributed by atoms with Crippen LogP contribution in [0.15, 0.2) is 97.1 Å². The Bertz CT molecular complexity index is 1770. The van der Waals surface area contributed by atoms with Crippen LogP contribution in [0, 0.1) is 0 Å². The van der Waals surface area contributed by atoms with Crippen LogP contribution >= 0.6 is 22.7 Å². The topological polar surface area (TPSA) is 12.0 Å². The molecule has 0 bridgehead atoms. The van der Waals surface area contributed by atoms with Gasteiger partial charge in [0.15, 0.2) is 0 Å². The molecule has 31 heavy (non-hydrogen) atoms. The molecule has 1 nitrogen and oxygen atoms in total. The lowest BCUT2D eigenvalue weighted by Gasteiger charge is -2.08. The Morgan fingerprint density at radius 3 is 2.19 bits per heavy atom. The summed E-state index contributed by atoms with van der Waals surface area (Å²) in [6, 6.07) is 35.1. The number of hydrogen-bond donors (Lipinski definition) is 1. The predicted octanol–water partition coefficient (Wildman–Crippen LogP) is 9.32. The van der Waals surface area contributed by atoms with Crippen molar-refractivity contribution in [2.24, 2.45) is 0 Å². The highest BCUT2D eigenvalue weighted by atomic mass is 32.1. The van der Waals surface area contributed by atoms with Crippen molar-refractivity contribution in [1.29, 1.82) is 0 Å². The van der Waals surface area contributed by atoms with Crippen molar-refractivity contribution in [2.75, 3.05) is 5.32 Å². The number of hydrogen-bond acceptors (Lipinski definition) is 3. The van der Waals surface area contributed by atoms with Crippen molar-refractivity contribution >= 4 is 85.2 Å². The molecule has 0 amide bonds. The van der Waals surface area contributed by atoms with E-state index in [0.29, 0.717) is 0 Å². The van der Waals surface area contributed by atoms with Gasteiger partial charge in [-0.3, -0.25) is 0 Å². The monoisotopic (exact) mass is 431 g/mol. The van der Waals surface area contributed by atoms with Gasteiger partial charge in [0.05, 0.1) is 10.4 Å². The highest BCUT2D eigenvalue weighted by Gasteiger charge is 2.12. The minimum atomic E-state index is 1.13. The Kier molecular flexibility index (Phi) is 3.65. The van der Waals surface area contributed by atoms with Crippen LogP contribution in [0.4, 0.5) is 11.4 Å². The third-order valence-corrected chi connectivity index (χ3v) is 8.47. The van der Waals surface area contributed by atoms with Gasteiger partial charge >= 0.3 is 0 Å². The first-order valence-electron chi connectivity index (χ1n) is 10.4. The van der Waals surface area contributed by atoms with E-state index in [9.17, 15) is 0 Å². The summed E-state index contributed by atoms with van der Waals surface area (Å²) >= 11 is 3.74. The largest absolute Gasteiger partial charge is 0.354 e. The van der Waals surface area contributed by atoms with Crippen LogP contribution in [-0.2, 0) is 0 Å². The minimum Gasteiger partial charge on any atom is -0.354 e. The van der Waals surface area contributed by atoms with E-state index in [1.807, 2.05) is 22.7 Å². The van der Waals surface area contributed by atoms with Crippen molar-refractivity contribution in [2.45, 2.75) is 0 Å². The molecule has 7 rings (SSSR count). The van der Waals surface area contributed by atoms with Gasteiger partial charge in [-0.25, -0.2) is 0 Å². The maximum absolute atomic E-state index is 3.71. The second kappa shape index (κ2) is 6.55. The normalized spacial score (nSPS) is 11.9. The third kappa shape index (κ3) is 2.61. The molecule has 0 spiro atoms. The SMILES string of the molecule is c1ccc2c(c1)ccc1c3cccc(Nc4ccc5c(c4)sc4ccccc45)c3sc21. The maximum atomic E-state index is 3.71. The molecule has 0 aliphatic heterocycles. The number of rotatable bonds is 2. The van der Waals surface area contributed by atoms with Gasteiger partial charge < -0.3 is 5.32 Å². The summed E-state index contributed by atoms with van der Waals surface area (Å²) in [5, 5.41) is 11.7. The molecule has 0 saturated heterocycles. The lowest BCUT2D eigenvalue weighted by molar-refractivity contribution is 1.63. The number of thiophene rings is 2. The molecule has 0 unspecified atom stereocenters. The van der Waals surface area contributed by atoms with E-state index in [1.165, 1.54) is 56.8 Å². The van der Waals surface area contributed by atoms with Gasteiger partial charge in [-0.15, -0.1) is 22.7 Å². The molecule has 0 radical (unpaired) electrons.